The van der Waals surface area contributed by atoms with Crippen molar-refractivity contribution in [2.75, 3.05) is 6.61 Å². The Hall–Kier alpha value is -1.61. The number of hydrogen-bond donors (Lipinski definition) is 2. The number of imidazole rings is 1. The van der Waals surface area contributed by atoms with Crippen molar-refractivity contribution < 1.29 is 5.11 Å². The van der Waals surface area contributed by atoms with Gasteiger partial charge in [-0.05, 0) is 5.56 Å². The molecule has 1 unspecified atom stereocenters. The maximum absolute atomic E-state index is 9.02. The molecule has 1 aromatic carbocycles. The zero-order valence-electron chi connectivity index (χ0n) is 8.64. The van der Waals surface area contributed by atoms with Crippen molar-refractivity contribution in [3.05, 3.63) is 42.2 Å². The van der Waals surface area contributed by atoms with Crippen LogP contribution in [0.2, 0.25) is 0 Å². The van der Waals surface area contributed by atoms with E-state index in [9.17, 15) is 0 Å². The van der Waals surface area contributed by atoms with Crippen molar-refractivity contribution in [2.45, 2.75) is 12.8 Å². The fraction of sp³-hybridized carbons (Fsp3) is 0.250. The smallest absolute Gasteiger partial charge is 0.137 e. The Morgan fingerprint density at radius 1 is 1.33 bits per heavy atom. The first kappa shape index (κ1) is 9.93. The average Bonchev–Trinajstić information content (AvgIpc) is 2.82. The number of aromatic nitrogens is 2. The highest BCUT2D eigenvalue weighted by molar-refractivity contribution is 5.55. The Labute approximate surface area is 88.8 Å². The van der Waals surface area contributed by atoms with Gasteiger partial charge < -0.3 is 10.1 Å². The number of aliphatic hydroxyl groups is 1. The van der Waals surface area contributed by atoms with Crippen molar-refractivity contribution in [1.82, 2.24) is 9.97 Å². The molecule has 0 amide bonds. The predicted molar refractivity (Wildman–Crippen MR) is 59.5 cm³/mol. The number of aliphatic hydroxyl groups excluding tert-OH is 1. The summed E-state index contributed by atoms with van der Waals surface area (Å²) in [6.07, 6.45) is 3.54. The Morgan fingerprint density at radius 3 is 2.60 bits per heavy atom. The van der Waals surface area contributed by atoms with Crippen LogP contribution in [0.15, 0.2) is 36.7 Å². The number of rotatable bonds is 3. The summed E-state index contributed by atoms with van der Waals surface area (Å²) in [4.78, 5) is 7.23. The summed E-state index contributed by atoms with van der Waals surface area (Å²) in [7, 11) is 0. The SMILES string of the molecule is CC(CO)c1ccc(-c2ncc[nH]2)cc1. The highest BCUT2D eigenvalue weighted by Gasteiger charge is 2.04. The third-order valence-corrected chi connectivity index (χ3v) is 2.53. The molecule has 1 aromatic heterocycles. The van der Waals surface area contributed by atoms with Crippen molar-refractivity contribution in [3.63, 3.8) is 0 Å². The van der Waals surface area contributed by atoms with Crippen LogP contribution in [0.5, 0.6) is 0 Å². The number of hydrogen-bond acceptors (Lipinski definition) is 2. The summed E-state index contributed by atoms with van der Waals surface area (Å²) in [5, 5.41) is 9.02. The lowest BCUT2D eigenvalue weighted by Gasteiger charge is -2.08. The molecule has 1 atom stereocenters. The van der Waals surface area contributed by atoms with Crippen LogP contribution in [-0.2, 0) is 0 Å². The summed E-state index contributed by atoms with van der Waals surface area (Å²) in [6, 6.07) is 8.08. The minimum atomic E-state index is 0.181. The Morgan fingerprint density at radius 2 is 2.07 bits per heavy atom. The van der Waals surface area contributed by atoms with Crippen LogP contribution in [0.25, 0.3) is 11.4 Å². The molecule has 0 saturated heterocycles. The highest BCUT2D eigenvalue weighted by atomic mass is 16.3. The molecular formula is C12H14N2O. The van der Waals surface area contributed by atoms with Gasteiger partial charge in [0.15, 0.2) is 0 Å². The molecular weight excluding hydrogens is 188 g/mol. The van der Waals surface area contributed by atoms with E-state index >= 15 is 0 Å². The van der Waals surface area contributed by atoms with E-state index in [-0.39, 0.29) is 12.5 Å². The topological polar surface area (TPSA) is 48.9 Å². The summed E-state index contributed by atoms with van der Waals surface area (Å²) >= 11 is 0. The molecule has 0 aliphatic rings. The maximum atomic E-state index is 9.02. The van der Waals surface area contributed by atoms with Crippen LogP contribution >= 0.6 is 0 Å². The molecule has 2 N–H and O–H groups in total. The van der Waals surface area contributed by atoms with Gasteiger partial charge in [0, 0.05) is 30.5 Å². The zero-order valence-corrected chi connectivity index (χ0v) is 8.64. The van der Waals surface area contributed by atoms with Gasteiger partial charge >= 0.3 is 0 Å². The lowest BCUT2D eigenvalue weighted by atomic mass is 10.0. The summed E-state index contributed by atoms with van der Waals surface area (Å²) in [6.45, 7) is 2.18. The average molecular weight is 202 g/mol. The van der Waals surface area contributed by atoms with Crippen LogP contribution < -0.4 is 0 Å². The number of benzene rings is 1. The lowest BCUT2D eigenvalue weighted by Crippen LogP contribution is -1.98. The Bertz CT molecular complexity index is 406. The fourth-order valence-corrected chi connectivity index (χ4v) is 1.50. The largest absolute Gasteiger partial charge is 0.396 e. The van der Waals surface area contributed by atoms with Crippen LogP contribution in [0, 0.1) is 0 Å². The van der Waals surface area contributed by atoms with Crippen LogP contribution in [0.1, 0.15) is 18.4 Å². The molecule has 15 heavy (non-hydrogen) atoms. The van der Waals surface area contributed by atoms with E-state index in [1.807, 2.05) is 31.2 Å². The predicted octanol–water partition coefficient (Wildman–Crippen LogP) is 2.17. The molecule has 0 aliphatic heterocycles. The van der Waals surface area contributed by atoms with Crippen molar-refractivity contribution in [2.24, 2.45) is 0 Å². The minimum Gasteiger partial charge on any atom is -0.396 e. The zero-order chi connectivity index (χ0) is 10.7. The van der Waals surface area contributed by atoms with Gasteiger partial charge in [0.05, 0.1) is 0 Å². The first-order valence-corrected chi connectivity index (χ1v) is 5.02. The second-order valence-electron chi connectivity index (χ2n) is 3.64. The molecule has 1 heterocycles. The van der Waals surface area contributed by atoms with E-state index in [4.69, 9.17) is 5.11 Å². The quantitative estimate of drug-likeness (QED) is 0.801. The van der Waals surface area contributed by atoms with Gasteiger partial charge in [-0.3, -0.25) is 0 Å². The molecule has 0 fully saturated rings. The van der Waals surface area contributed by atoms with Gasteiger partial charge in [-0.2, -0.15) is 0 Å². The van der Waals surface area contributed by atoms with Crippen molar-refractivity contribution in [3.8, 4) is 11.4 Å². The van der Waals surface area contributed by atoms with E-state index in [0.29, 0.717) is 0 Å². The van der Waals surface area contributed by atoms with E-state index in [1.54, 1.807) is 12.4 Å². The fourth-order valence-electron chi connectivity index (χ4n) is 1.50. The van der Waals surface area contributed by atoms with Gasteiger partial charge in [-0.1, -0.05) is 31.2 Å². The van der Waals surface area contributed by atoms with Crippen LogP contribution in [-0.4, -0.2) is 21.7 Å². The van der Waals surface area contributed by atoms with Gasteiger partial charge in [-0.25, -0.2) is 4.98 Å². The van der Waals surface area contributed by atoms with Gasteiger partial charge in [0.2, 0.25) is 0 Å². The molecule has 0 radical (unpaired) electrons. The molecule has 78 valence electrons. The molecule has 0 spiro atoms. The second-order valence-corrected chi connectivity index (χ2v) is 3.64. The normalized spacial score (nSPS) is 12.7. The molecule has 3 heteroatoms. The van der Waals surface area contributed by atoms with Crippen LogP contribution in [0.4, 0.5) is 0 Å². The number of nitrogens with one attached hydrogen (secondary N) is 1. The first-order chi connectivity index (χ1) is 7.31. The Balaban J connectivity index is 2.25. The van der Waals surface area contributed by atoms with Gasteiger partial charge in [0.1, 0.15) is 5.82 Å². The number of H-pyrrole nitrogens is 1. The van der Waals surface area contributed by atoms with E-state index < -0.39 is 0 Å². The summed E-state index contributed by atoms with van der Waals surface area (Å²) in [5.41, 5.74) is 2.21. The van der Waals surface area contributed by atoms with Crippen molar-refractivity contribution in [1.29, 1.82) is 0 Å². The Kier molecular flexibility index (Phi) is 2.83. The summed E-state index contributed by atoms with van der Waals surface area (Å²) < 4.78 is 0. The third kappa shape index (κ3) is 2.07. The molecule has 2 aromatic rings. The second kappa shape index (κ2) is 4.28. The highest BCUT2D eigenvalue weighted by Crippen LogP contribution is 2.19. The molecule has 0 bridgehead atoms. The molecule has 0 aliphatic carbocycles. The van der Waals surface area contributed by atoms with Gasteiger partial charge in [-0.15, -0.1) is 0 Å². The number of aromatic amines is 1. The lowest BCUT2D eigenvalue weighted by molar-refractivity contribution is 0.273. The molecule has 3 nitrogen and oxygen atoms in total. The standard InChI is InChI=1S/C12H14N2O/c1-9(8-15)10-2-4-11(5-3-10)12-13-6-7-14-12/h2-7,9,15H,8H2,1H3,(H,13,14). The molecule has 0 saturated carbocycles. The monoisotopic (exact) mass is 202 g/mol. The van der Waals surface area contributed by atoms with E-state index in [2.05, 4.69) is 9.97 Å². The summed E-state index contributed by atoms with van der Waals surface area (Å²) in [5.74, 6) is 1.06. The first-order valence-electron chi connectivity index (χ1n) is 5.02. The van der Waals surface area contributed by atoms with Crippen LogP contribution in [0.3, 0.4) is 0 Å². The maximum Gasteiger partial charge on any atom is 0.137 e. The third-order valence-electron chi connectivity index (χ3n) is 2.53. The minimum absolute atomic E-state index is 0.181. The van der Waals surface area contributed by atoms with E-state index in [0.717, 1.165) is 17.0 Å². The van der Waals surface area contributed by atoms with Crippen molar-refractivity contribution >= 4 is 0 Å². The number of nitrogens with zero attached hydrogens (tertiary/aromatic N) is 1. The van der Waals surface area contributed by atoms with Gasteiger partial charge in [0.25, 0.3) is 0 Å². The van der Waals surface area contributed by atoms with E-state index in [1.165, 1.54) is 0 Å². The molecule has 2 rings (SSSR count).